The van der Waals surface area contributed by atoms with Gasteiger partial charge in [0.15, 0.2) is 0 Å². The standard InChI is InChI=1S/C14H13ClN4S/c1-8-4-3-5-10(15)11(8)17-12-9-6-7-20-13(9)19-14(16-2)18-12/h3-7H,1-2H3,(H2,16,17,18,19). The van der Waals surface area contributed by atoms with Crippen molar-refractivity contribution < 1.29 is 0 Å². The number of fused-ring (bicyclic) bond motifs is 1. The van der Waals surface area contributed by atoms with Crippen molar-refractivity contribution in [3.63, 3.8) is 0 Å². The molecular weight excluding hydrogens is 292 g/mol. The summed E-state index contributed by atoms with van der Waals surface area (Å²) in [5.74, 6) is 1.35. The molecule has 0 atom stereocenters. The lowest BCUT2D eigenvalue weighted by atomic mass is 10.2. The number of rotatable bonds is 3. The van der Waals surface area contributed by atoms with Gasteiger partial charge < -0.3 is 10.6 Å². The monoisotopic (exact) mass is 304 g/mol. The van der Waals surface area contributed by atoms with Crippen LogP contribution in [0.3, 0.4) is 0 Å². The van der Waals surface area contributed by atoms with E-state index < -0.39 is 0 Å². The molecule has 102 valence electrons. The number of anilines is 3. The van der Waals surface area contributed by atoms with Crippen LogP contribution in [0.2, 0.25) is 5.02 Å². The molecule has 0 amide bonds. The van der Waals surface area contributed by atoms with Gasteiger partial charge in [-0.2, -0.15) is 4.98 Å². The van der Waals surface area contributed by atoms with E-state index in [2.05, 4.69) is 20.6 Å². The normalized spacial score (nSPS) is 10.8. The van der Waals surface area contributed by atoms with E-state index in [1.165, 1.54) is 0 Å². The first-order valence-corrected chi connectivity index (χ1v) is 7.40. The third kappa shape index (κ3) is 2.30. The minimum Gasteiger partial charge on any atom is -0.357 e. The number of aryl methyl sites for hydroxylation is 1. The lowest BCUT2D eigenvalue weighted by Gasteiger charge is -2.12. The van der Waals surface area contributed by atoms with Crippen LogP contribution in [0.25, 0.3) is 10.2 Å². The van der Waals surface area contributed by atoms with Gasteiger partial charge in [0.25, 0.3) is 0 Å². The number of halogens is 1. The fraction of sp³-hybridized carbons (Fsp3) is 0.143. The van der Waals surface area contributed by atoms with Crippen LogP contribution in [-0.2, 0) is 0 Å². The molecule has 0 saturated heterocycles. The molecule has 1 aromatic carbocycles. The van der Waals surface area contributed by atoms with Crippen LogP contribution in [0.1, 0.15) is 5.56 Å². The van der Waals surface area contributed by atoms with E-state index in [1.807, 2.05) is 36.6 Å². The molecule has 0 aliphatic heterocycles. The van der Waals surface area contributed by atoms with Crippen LogP contribution in [-0.4, -0.2) is 17.0 Å². The molecule has 3 rings (SSSR count). The van der Waals surface area contributed by atoms with Gasteiger partial charge in [0.1, 0.15) is 10.6 Å². The Labute approximate surface area is 125 Å². The average molecular weight is 305 g/mol. The van der Waals surface area contributed by atoms with Gasteiger partial charge in [0, 0.05) is 7.05 Å². The van der Waals surface area contributed by atoms with Crippen LogP contribution in [0, 0.1) is 6.92 Å². The SMILES string of the molecule is CNc1nc(Nc2c(C)cccc2Cl)c2ccsc2n1. The quantitative estimate of drug-likeness (QED) is 0.751. The Bertz CT molecular complexity index is 749. The molecule has 0 saturated carbocycles. The number of aromatic nitrogens is 2. The van der Waals surface area contributed by atoms with Gasteiger partial charge in [0.2, 0.25) is 5.95 Å². The summed E-state index contributed by atoms with van der Waals surface area (Å²) in [6.07, 6.45) is 0. The number of benzene rings is 1. The Morgan fingerprint density at radius 3 is 2.80 bits per heavy atom. The largest absolute Gasteiger partial charge is 0.357 e. The molecule has 4 nitrogen and oxygen atoms in total. The van der Waals surface area contributed by atoms with Gasteiger partial charge in [-0.15, -0.1) is 11.3 Å². The summed E-state index contributed by atoms with van der Waals surface area (Å²) < 4.78 is 0. The second-order valence-electron chi connectivity index (χ2n) is 4.34. The predicted octanol–water partition coefficient (Wildman–Crippen LogP) is 4.44. The van der Waals surface area contributed by atoms with Crippen molar-refractivity contribution in [3.8, 4) is 0 Å². The second-order valence-corrected chi connectivity index (χ2v) is 5.64. The van der Waals surface area contributed by atoms with Gasteiger partial charge >= 0.3 is 0 Å². The lowest BCUT2D eigenvalue weighted by Crippen LogP contribution is -2.02. The molecule has 6 heteroatoms. The average Bonchev–Trinajstić information content (AvgIpc) is 2.91. The highest BCUT2D eigenvalue weighted by atomic mass is 35.5. The van der Waals surface area contributed by atoms with Crippen LogP contribution in [0.5, 0.6) is 0 Å². The van der Waals surface area contributed by atoms with Crippen molar-refractivity contribution >= 4 is 50.6 Å². The van der Waals surface area contributed by atoms with Crippen molar-refractivity contribution in [2.75, 3.05) is 17.7 Å². The van der Waals surface area contributed by atoms with Crippen LogP contribution in [0.15, 0.2) is 29.6 Å². The maximum absolute atomic E-state index is 6.26. The van der Waals surface area contributed by atoms with Crippen molar-refractivity contribution in [3.05, 3.63) is 40.2 Å². The highest BCUT2D eigenvalue weighted by Crippen LogP contribution is 2.32. The summed E-state index contributed by atoms with van der Waals surface area (Å²) in [6.45, 7) is 2.01. The maximum atomic E-state index is 6.26. The van der Waals surface area contributed by atoms with Crippen molar-refractivity contribution in [1.82, 2.24) is 9.97 Å². The van der Waals surface area contributed by atoms with Gasteiger partial charge in [-0.25, -0.2) is 4.98 Å². The number of para-hydroxylation sites is 1. The van der Waals surface area contributed by atoms with Crippen LogP contribution in [0.4, 0.5) is 17.5 Å². The summed E-state index contributed by atoms with van der Waals surface area (Å²) in [5, 5.41) is 9.98. The number of nitrogens with one attached hydrogen (secondary N) is 2. The summed E-state index contributed by atoms with van der Waals surface area (Å²) in [6, 6.07) is 7.82. The van der Waals surface area contributed by atoms with Crippen LogP contribution < -0.4 is 10.6 Å². The predicted molar refractivity (Wildman–Crippen MR) is 86.4 cm³/mol. The molecule has 0 radical (unpaired) electrons. The first kappa shape index (κ1) is 13.1. The minimum atomic E-state index is 0.590. The summed E-state index contributed by atoms with van der Waals surface area (Å²) >= 11 is 7.85. The van der Waals surface area contributed by atoms with E-state index in [1.54, 1.807) is 18.4 Å². The smallest absolute Gasteiger partial charge is 0.225 e. The Kier molecular flexibility index (Phi) is 3.46. The van der Waals surface area contributed by atoms with E-state index >= 15 is 0 Å². The van der Waals surface area contributed by atoms with Gasteiger partial charge in [0.05, 0.1) is 16.1 Å². The molecule has 0 aliphatic rings. The number of thiophene rings is 1. The van der Waals surface area contributed by atoms with Crippen molar-refractivity contribution in [2.24, 2.45) is 0 Å². The zero-order valence-electron chi connectivity index (χ0n) is 11.1. The Morgan fingerprint density at radius 2 is 2.05 bits per heavy atom. The fourth-order valence-corrected chi connectivity index (χ4v) is 3.00. The molecular formula is C14H13ClN4S. The molecule has 2 aromatic heterocycles. The molecule has 0 aliphatic carbocycles. The van der Waals surface area contributed by atoms with E-state index in [-0.39, 0.29) is 0 Å². The zero-order chi connectivity index (χ0) is 14.1. The van der Waals surface area contributed by atoms with E-state index in [0.717, 1.165) is 27.3 Å². The van der Waals surface area contributed by atoms with Gasteiger partial charge in [-0.05, 0) is 30.0 Å². The lowest BCUT2D eigenvalue weighted by molar-refractivity contribution is 1.20. The van der Waals surface area contributed by atoms with Crippen molar-refractivity contribution in [2.45, 2.75) is 6.92 Å². The number of hydrogen-bond donors (Lipinski definition) is 2. The number of nitrogens with zero attached hydrogens (tertiary/aromatic N) is 2. The van der Waals surface area contributed by atoms with Gasteiger partial charge in [-0.1, -0.05) is 23.7 Å². The summed E-state index contributed by atoms with van der Waals surface area (Å²) in [7, 11) is 1.80. The van der Waals surface area contributed by atoms with E-state index in [0.29, 0.717) is 11.0 Å². The Hall–Kier alpha value is -1.85. The first-order chi connectivity index (χ1) is 9.69. The summed E-state index contributed by atoms with van der Waals surface area (Å²) in [4.78, 5) is 9.85. The molecule has 0 fully saturated rings. The highest BCUT2D eigenvalue weighted by molar-refractivity contribution is 7.16. The Balaban J connectivity index is 2.12. The molecule has 2 N–H and O–H groups in total. The minimum absolute atomic E-state index is 0.590. The second kappa shape index (κ2) is 5.26. The first-order valence-electron chi connectivity index (χ1n) is 6.14. The molecule has 3 aromatic rings. The molecule has 0 bridgehead atoms. The van der Waals surface area contributed by atoms with Crippen molar-refractivity contribution in [1.29, 1.82) is 0 Å². The molecule has 20 heavy (non-hydrogen) atoms. The molecule has 0 spiro atoms. The van der Waals surface area contributed by atoms with E-state index in [4.69, 9.17) is 11.6 Å². The number of hydrogen-bond acceptors (Lipinski definition) is 5. The maximum Gasteiger partial charge on any atom is 0.225 e. The summed E-state index contributed by atoms with van der Waals surface area (Å²) in [5.41, 5.74) is 1.95. The van der Waals surface area contributed by atoms with E-state index in [9.17, 15) is 0 Å². The highest BCUT2D eigenvalue weighted by Gasteiger charge is 2.11. The third-order valence-electron chi connectivity index (χ3n) is 3.01. The Morgan fingerprint density at radius 1 is 1.20 bits per heavy atom. The third-order valence-corrected chi connectivity index (χ3v) is 4.14. The zero-order valence-corrected chi connectivity index (χ0v) is 12.6. The fourth-order valence-electron chi connectivity index (χ4n) is 1.97. The van der Waals surface area contributed by atoms with Gasteiger partial charge in [-0.3, -0.25) is 0 Å². The topological polar surface area (TPSA) is 49.8 Å². The molecule has 2 heterocycles. The molecule has 0 unspecified atom stereocenters. The van der Waals surface area contributed by atoms with Crippen LogP contribution >= 0.6 is 22.9 Å².